The molecule has 0 fully saturated rings. The highest BCUT2D eigenvalue weighted by Gasteiger charge is 2.06. The Balaban J connectivity index is 2.64. The number of carbonyl (C=O) groups excluding carboxylic acids is 1. The lowest BCUT2D eigenvalue weighted by atomic mass is 10.1. The Hall–Kier alpha value is -2.31. The topological polar surface area (TPSA) is 59.6 Å². The summed E-state index contributed by atoms with van der Waals surface area (Å²) in [6.45, 7) is 0.861. The van der Waals surface area contributed by atoms with Crippen LogP contribution in [0.3, 0.4) is 0 Å². The number of alkyl halides is 2. The molecule has 0 saturated carbocycles. The molecule has 110 valence electrons. The van der Waals surface area contributed by atoms with Crippen molar-refractivity contribution in [2.45, 2.75) is 20.5 Å². The highest BCUT2D eigenvalue weighted by molar-refractivity contribution is 5.70. The predicted octanol–water partition coefficient (Wildman–Crippen LogP) is 2.90. The van der Waals surface area contributed by atoms with Crippen molar-refractivity contribution in [1.82, 2.24) is 10.9 Å². The third-order valence-electron chi connectivity index (χ3n) is 2.25. The Labute approximate surface area is 115 Å². The van der Waals surface area contributed by atoms with Gasteiger partial charge >= 0.3 is 12.7 Å². The third-order valence-corrected chi connectivity index (χ3v) is 2.25. The van der Waals surface area contributed by atoms with Crippen LogP contribution in [-0.4, -0.2) is 19.3 Å². The fourth-order valence-corrected chi connectivity index (χ4v) is 1.41. The molecule has 5 nitrogen and oxygen atoms in total. The van der Waals surface area contributed by atoms with Crippen molar-refractivity contribution in [2.24, 2.45) is 0 Å². The van der Waals surface area contributed by atoms with Crippen molar-refractivity contribution in [3.8, 4) is 5.75 Å². The van der Waals surface area contributed by atoms with Crippen LogP contribution >= 0.6 is 0 Å². The van der Waals surface area contributed by atoms with Gasteiger partial charge in [-0.2, -0.15) is 8.78 Å². The van der Waals surface area contributed by atoms with E-state index < -0.39 is 12.7 Å². The highest BCUT2D eigenvalue weighted by Crippen LogP contribution is 2.18. The normalized spacial score (nSPS) is 11.2. The molecule has 2 N–H and O–H groups in total. The fraction of sp³-hybridized carbons (Fsp3) is 0.308. The van der Waals surface area contributed by atoms with Gasteiger partial charge in [-0.3, -0.25) is 5.43 Å². The summed E-state index contributed by atoms with van der Waals surface area (Å²) in [7, 11) is 0. The first-order valence-corrected chi connectivity index (χ1v) is 5.97. The van der Waals surface area contributed by atoms with Gasteiger partial charge in [-0.05, 0) is 43.7 Å². The first kappa shape index (κ1) is 15.7. The van der Waals surface area contributed by atoms with Crippen LogP contribution < -0.4 is 15.6 Å². The van der Waals surface area contributed by atoms with E-state index in [9.17, 15) is 13.6 Å². The molecule has 0 aliphatic carbocycles. The molecule has 0 heterocycles. The summed E-state index contributed by atoms with van der Waals surface area (Å²) in [6.07, 6.45) is 1.11. The lowest BCUT2D eigenvalue weighted by molar-refractivity contribution is -0.0498. The number of amides is 1. The van der Waals surface area contributed by atoms with E-state index in [4.69, 9.17) is 4.74 Å². The molecule has 1 aromatic rings. The molecule has 0 atom stereocenters. The molecule has 1 aromatic carbocycles. The zero-order valence-corrected chi connectivity index (χ0v) is 11.2. The summed E-state index contributed by atoms with van der Waals surface area (Å²) >= 11 is 0. The summed E-state index contributed by atoms with van der Waals surface area (Å²) in [5.41, 5.74) is 6.33. The van der Waals surface area contributed by atoms with Crippen LogP contribution in [0, 0.1) is 0 Å². The van der Waals surface area contributed by atoms with Crippen molar-refractivity contribution < 1.29 is 23.0 Å². The number of hydrogen-bond donors (Lipinski definition) is 2. The van der Waals surface area contributed by atoms with E-state index in [1.54, 1.807) is 32.1 Å². The van der Waals surface area contributed by atoms with Gasteiger partial charge < -0.3 is 9.47 Å². The van der Waals surface area contributed by atoms with Gasteiger partial charge in [-0.25, -0.2) is 10.2 Å². The van der Waals surface area contributed by atoms with E-state index in [-0.39, 0.29) is 12.4 Å². The minimum Gasteiger partial charge on any atom is -0.449 e. The third kappa shape index (κ3) is 5.13. The number of rotatable bonds is 6. The molecule has 0 radical (unpaired) electrons. The molecular weight excluding hydrogens is 270 g/mol. The van der Waals surface area contributed by atoms with Gasteiger partial charge in [0.05, 0.1) is 12.3 Å². The van der Waals surface area contributed by atoms with Gasteiger partial charge in [-0.1, -0.05) is 6.08 Å². The van der Waals surface area contributed by atoms with Crippen LogP contribution in [0.5, 0.6) is 5.75 Å². The van der Waals surface area contributed by atoms with Gasteiger partial charge in [0.2, 0.25) is 0 Å². The Morgan fingerprint density at radius 3 is 2.45 bits per heavy atom. The molecule has 1 rings (SSSR count). The van der Waals surface area contributed by atoms with E-state index in [0.29, 0.717) is 11.3 Å². The van der Waals surface area contributed by atoms with E-state index in [1.807, 2.05) is 0 Å². The van der Waals surface area contributed by atoms with E-state index in [1.165, 1.54) is 12.1 Å². The second kappa shape index (κ2) is 7.98. The van der Waals surface area contributed by atoms with Gasteiger partial charge in [-0.15, -0.1) is 0 Å². The Bertz CT molecular complexity index is 461. The number of ether oxygens (including phenoxy) is 2. The van der Waals surface area contributed by atoms with Gasteiger partial charge in [0.25, 0.3) is 0 Å². The summed E-state index contributed by atoms with van der Waals surface area (Å²) in [5, 5.41) is 0. The lowest BCUT2D eigenvalue weighted by Gasteiger charge is -2.12. The number of allylic oxidation sites excluding steroid dienone is 1. The molecule has 1 amide bonds. The number of nitrogens with one attached hydrogen (secondary N) is 2. The van der Waals surface area contributed by atoms with Crippen LogP contribution in [0.2, 0.25) is 0 Å². The molecule has 0 bridgehead atoms. The minimum atomic E-state index is -2.86. The monoisotopic (exact) mass is 286 g/mol. The molecule has 20 heavy (non-hydrogen) atoms. The summed E-state index contributed by atoms with van der Waals surface area (Å²) < 4.78 is 33.0. The number of halogens is 2. The van der Waals surface area contributed by atoms with Crippen molar-refractivity contribution >= 4 is 11.8 Å². The molecule has 0 aromatic heterocycles. The lowest BCUT2D eigenvalue weighted by Crippen LogP contribution is -2.36. The largest absolute Gasteiger partial charge is 0.449 e. The molecule has 0 saturated heterocycles. The molecule has 0 unspecified atom stereocenters. The maximum atomic E-state index is 12.0. The van der Waals surface area contributed by atoms with Crippen molar-refractivity contribution in [1.29, 1.82) is 0 Å². The van der Waals surface area contributed by atoms with E-state index in [0.717, 1.165) is 0 Å². The molecule has 0 aliphatic heterocycles. The minimum absolute atomic E-state index is 0.0672. The average Bonchev–Trinajstić information content (AvgIpc) is 2.41. The van der Waals surface area contributed by atoms with E-state index >= 15 is 0 Å². The second-order valence-corrected chi connectivity index (χ2v) is 3.58. The smallest absolute Gasteiger partial charge is 0.425 e. The Morgan fingerprint density at radius 2 is 1.95 bits per heavy atom. The Morgan fingerprint density at radius 1 is 1.30 bits per heavy atom. The predicted molar refractivity (Wildman–Crippen MR) is 70.0 cm³/mol. The van der Waals surface area contributed by atoms with Crippen molar-refractivity contribution in [2.75, 3.05) is 6.61 Å². The van der Waals surface area contributed by atoms with Gasteiger partial charge in [0.15, 0.2) is 0 Å². The zero-order chi connectivity index (χ0) is 15.0. The summed E-state index contributed by atoms with van der Waals surface area (Å²) in [5.74, 6) is 0.0672. The first-order valence-electron chi connectivity index (χ1n) is 5.97. The van der Waals surface area contributed by atoms with Crippen LogP contribution in [0.1, 0.15) is 19.4 Å². The average molecular weight is 286 g/mol. The fourth-order valence-electron chi connectivity index (χ4n) is 1.41. The highest BCUT2D eigenvalue weighted by atomic mass is 19.3. The standard InChI is InChI=1S/C13H16F2N2O3/c1-3-11(16-17-13(18)19-4-2)9-5-7-10(8-6-9)20-12(14)15/h3,5-8,12,16H,4H2,1-2H3,(H,17,18)/b11-3+. The maximum Gasteiger partial charge on any atom is 0.425 e. The van der Waals surface area contributed by atoms with Crippen LogP contribution in [0.4, 0.5) is 13.6 Å². The van der Waals surface area contributed by atoms with Gasteiger partial charge in [0.1, 0.15) is 5.75 Å². The van der Waals surface area contributed by atoms with Crippen LogP contribution in [0.25, 0.3) is 5.70 Å². The summed E-state index contributed by atoms with van der Waals surface area (Å²) in [4.78, 5) is 11.1. The second-order valence-electron chi connectivity index (χ2n) is 3.58. The van der Waals surface area contributed by atoms with Gasteiger partial charge in [0, 0.05) is 0 Å². The summed E-state index contributed by atoms with van der Waals surface area (Å²) in [6, 6.07) is 6.01. The van der Waals surface area contributed by atoms with Crippen molar-refractivity contribution in [3.63, 3.8) is 0 Å². The molecule has 7 heteroatoms. The zero-order valence-electron chi connectivity index (χ0n) is 11.2. The first-order chi connectivity index (χ1) is 9.56. The number of hydrazine groups is 1. The Kier molecular flexibility index (Phi) is 6.28. The quantitative estimate of drug-likeness (QED) is 0.789. The van der Waals surface area contributed by atoms with Crippen LogP contribution in [-0.2, 0) is 4.74 Å². The van der Waals surface area contributed by atoms with Crippen LogP contribution in [0.15, 0.2) is 30.3 Å². The number of carbonyl (C=O) groups is 1. The maximum absolute atomic E-state index is 12.0. The van der Waals surface area contributed by atoms with Crippen molar-refractivity contribution in [3.05, 3.63) is 35.9 Å². The molecule has 0 spiro atoms. The van der Waals surface area contributed by atoms with E-state index in [2.05, 4.69) is 15.6 Å². The number of hydrogen-bond acceptors (Lipinski definition) is 4. The number of benzene rings is 1. The molecule has 0 aliphatic rings. The SMILES string of the molecule is C/C=C(/NNC(=O)OCC)c1ccc(OC(F)F)cc1. The molecular formula is C13H16F2N2O3.